The number of hydrogen-bond donors (Lipinski definition) is 0. The van der Waals surface area contributed by atoms with Gasteiger partial charge in [0.15, 0.2) is 17.0 Å². The molecule has 0 N–H and O–H groups in total. The fourth-order valence-corrected chi connectivity index (χ4v) is 3.35. The van der Waals surface area contributed by atoms with E-state index in [1.807, 2.05) is 25.7 Å². The molecule has 0 saturated carbocycles. The standard InChI is InChI=1S/C19H22FN7O/c1-19(2,3)18(28)26-9-7-25(8-10-26)16-15-17(22-12-21-16)27(24-23-15)14-6-4-5-13(20)11-14/h4-6,11-12H,7-10H2,1-3H3. The first kappa shape index (κ1) is 18.3. The van der Waals surface area contributed by atoms with Gasteiger partial charge in [0.25, 0.3) is 0 Å². The molecule has 1 aliphatic rings. The molecule has 28 heavy (non-hydrogen) atoms. The van der Waals surface area contributed by atoms with Gasteiger partial charge < -0.3 is 9.80 Å². The number of benzene rings is 1. The Bertz CT molecular complexity index is 1020. The maximum atomic E-state index is 13.6. The van der Waals surface area contributed by atoms with Crippen LogP contribution in [-0.2, 0) is 4.79 Å². The van der Waals surface area contributed by atoms with Gasteiger partial charge in [0, 0.05) is 31.6 Å². The van der Waals surface area contributed by atoms with Crippen molar-refractivity contribution in [2.75, 3.05) is 31.1 Å². The van der Waals surface area contributed by atoms with Crippen molar-refractivity contribution in [2.45, 2.75) is 20.8 Å². The second-order valence-corrected chi connectivity index (χ2v) is 7.88. The van der Waals surface area contributed by atoms with Gasteiger partial charge in [-0.2, -0.15) is 4.68 Å². The van der Waals surface area contributed by atoms with Crippen molar-refractivity contribution in [3.05, 3.63) is 36.4 Å². The minimum absolute atomic E-state index is 0.150. The number of piperazine rings is 1. The van der Waals surface area contributed by atoms with E-state index in [1.165, 1.54) is 23.1 Å². The molecule has 3 aromatic rings. The summed E-state index contributed by atoms with van der Waals surface area (Å²) in [4.78, 5) is 25.1. The van der Waals surface area contributed by atoms with Crippen molar-refractivity contribution in [1.82, 2.24) is 29.9 Å². The summed E-state index contributed by atoms with van der Waals surface area (Å²) in [6.45, 7) is 8.35. The molecule has 1 aromatic carbocycles. The van der Waals surface area contributed by atoms with E-state index in [1.54, 1.807) is 12.1 Å². The maximum Gasteiger partial charge on any atom is 0.228 e. The van der Waals surface area contributed by atoms with Gasteiger partial charge in [-0.1, -0.05) is 32.1 Å². The summed E-state index contributed by atoms with van der Waals surface area (Å²) in [7, 11) is 0. The predicted molar refractivity (Wildman–Crippen MR) is 103 cm³/mol. The molecule has 0 bridgehead atoms. The van der Waals surface area contributed by atoms with Crippen molar-refractivity contribution in [1.29, 1.82) is 0 Å². The van der Waals surface area contributed by atoms with Gasteiger partial charge in [-0.3, -0.25) is 4.79 Å². The topological polar surface area (TPSA) is 80.0 Å². The van der Waals surface area contributed by atoms with Crippen molar-refractivity contribution in [3.8, 4) is 5.69 Å². The highest BCUT2D eigenvalue weighted by atomic mass is 19.1. The molecule has 0 unspecified atom stereocenters. The highest BCUT2D eigenvalue weighted by Crippen LogP contribution is 2.25. The third-order valence-electron chi connectivity index (χ3n) is 4.78. The SMILES string of the molecule is CC(C)(C)C(=O)N1CCN(c2ncnc3c2nnn3-c2cccc(F)c2)CC1. The minimum atomic E-state index is -0.391. The number of fused-ring (bicyclic) bond motifs is 1. The number of hydrogen-bond acceptors (Lipinski definition) is 6. The highest BCUT2D eigenvalue weighted by Gasteiger charge is 2.30. The quantitative estimate of drug-likeness (QED) is 0.674. The lowest BCUT2D eigenvalue weighted by molar-refractivity contribution is -0.139. The maximum absolute atomic E-state index is 13.6. The average Bonchev–Trinajstić information content (AvgIpc) is 3.11. The minimum Gasteiger partial charge on any atom is -0.351 e. The molecule has 3 heterocycles. The third-order valence-corrected chi connectivity index (χ3v) is 4.78. The molecule has 8 nitrogen and oxygen atoms in total. The number of rotatable bonds is 2. The van der Waals surface area contributed by atoms with Gasteiger partial charge in [-0.15, -0.1) is 5.10 Å². The molecule has 0 radical (unpaired) electrons. The molecule has 146 valence electrons. The fourth-order valence-electron chi connectivity index (χ4n) is 3.35. The Labute approximate surface area is 162 Å². The van der Waals surface area contributed by atoms with E-state index < -0.39 is 5.41 Å². The number of carbonyl (C=O) groups is 1. The molecule has 1 aliphatic heterocycles. The van der Waals surface area contributed by atoms with E-state index in [9.17, 15) is 9.18 Å². The summed E-state index contributed by atoms with van der Waals surface area (Å²) < 4.78 is 15.1. The Balaban J connectivity index is 1.60. The van der Waals surface area contributed by atoms with Gasteiger partial charge >= 0.3 is 0 Å². The number of amides is 1. The Morgan fingerprint density at radius 1 is 1.11 bits per heavy atom. The normalized spacial score (nSPS) is 15.3. The molecular weight excluding hydrogens is 361 g/mol. The van der Waals surface area contributed by atoms with E-state index in [2.05, 4.69) is 25.2 Å². The van der Waals surface area contributed by atoms with Crippen LogP contribution in [0.15, 0.2) is 30.6 Å². The molecule has 0 atom stereocenters. The Morgan fingerprint density at radius 3 is 2.54 bits per heavy atom. The summed E-state index contributed by atoms with van der Waals surface area (Å²) in [6.07, 6.45) is 1.46. The average molecular weight is 383 g/mol. The molecule has 1 fully saturated rings. The van der Waals surface area contributed by atoms with Gasteiger partial charge in [0.05, 0.1) is 5.69 Å². The van der Waals surface area contributed by atoms with Gasteiger partial charge in [-0.25, -0.2) is 14.4 Å². The number of anilines is 1. The lowest BCUT2D eigenvalue weighted by Gasteiger charge is -2.38. The van der Waals surface area contributed by atoms with E-state index >= 15 is 0 Å². The molecule has 9 heteroatoms. The van der Waals surface area contributed by atoms with Crippen molar-refractivity contribution >= 4 is 22.9 Å². The van der Waals surface area contributed by atoms with Crippen molar-refractivity contribution in [3.63, 3.8) is 0 Å². The summed E-state index contributed by atoms with van der Waals surface area (Å²) in [5.74, 6) is 0.475. The van der Waals surface area contributed by atoms with Crippen LogP contribution in [0.5, 0.6) is 0 Å². The zero-order valence-corrected chi connectivity index (χ0v) is 16.1. The summed E-state index contributed by atoms with van der Waals surface area (Å²) in [6, 6.07) is 6.12. The Hall–Kier alpha value is -3.10. The van der Waals surface area contributed by atoms with Crippen LogP contribution >= 0.6 is 0 Å². The van der Waals surface area contributed by atoms with Gasteiger partial charge in [0.1, 0.15) is 12.1 Å². The first-order valence-corrected chi connectivity index (χ1v) is 9.21. The lowest BCUT2D eigenvalue weighted by Crippen LogP contribution is -2.51. The van der Waals surface area contributed by atoms with Crippen LogP contribution in [0.2, 0.25) is 0 Å². The number of aromatic nitrogens is 5. The molecule has 1 saturated heterocycles. The van der Waals surface area contributed by atoms with Crippen LogP contribution in [0.1, 0.15) is 20.8 Å². The molecule has 0 aliphatic carbocycles. The molecule has 0 spiro atoms. The molecular formula is C19H22FN7O. The fraction of sp³-hybridized carbons (Fsp3) is 0.421. The van der Waals surface area contributed by atoms with Gasteiger partial charge in [0.2, 0.25) is 5.91 Å². The zero-order valence-electron chi connectivity index (χ0n) is 16.1. The van der Waals surface area contributed by atoms with Crippen molar-refractivity contribution in [2.24, 2.45) is 5.41 Å². The highest BCUT2D eigenvalue weighted by molar-refractivity contribution is 5.84. The predicted octanol–water partition coefficient (Wildman–Crippen LogP) is 2.04. The second-order valence-electron chi connectivity index (χ2n) is 7.88. The van der Waals surface area contributed by atoms with E-state index in [4.69, 9.17) is 0 Å². The van der Waals surface area contributed by atoms with E-state index in [-0.39, 0.29) is 11.7 Å². The lowest BCUT2D eigenvalue weighted by atomic mass is 9.94. The van der Waals surface area contributed by atoms with E-state index in [0.717, 1.165) is 0 Å². The monoisotopic (exact) mass is 383 g/mol. The first-order valence-electron chi connectivity index (χ1n) is 9.21. The Kier molecular flexibility index (Phi) is 4.44. The first-order chi connectivity index (χ1) is 13.3. The van der Waals surface area contributed by atoms with Crippen molar-refractivity contribution < 1.29 is 9.18 Å². The molecule has 1 amide bonds. The second kappa shape index (κ2) is 6.81. The zero-order chi connectivity index (χ0) is 19.9. The molecule has 4 rings (SSSR count). The smallest absolute Gasteiger partial charge is 0.228 e. The summed E-state index contributed by atoms with van der Waals surface area (Å²) in [5, 5.41) is 8.38. The number of halogens is 1. The van der Waals surface area contributed by atoms with Crippen LogP contribution in [0.3, 0.4) is 0 Å². The van der Waals surface area contributed by atoms with Crippen LogP contribution < -0.4 is 4.90 Å². The third kappa shape index (κ3) is 3.28. The number of nitrogens with zero attached hydrogens (tertiary/aromatic N) is 7. The van der Waals surface area contributed by atoms with Crippen LogP contribution in [0.25, 0.3) is 16.9 Å². The van der Waals surface area contributed by atoms with E-state index in [0.29, 0.717) is 48.8 Å². The largest absolute Gasteiger partial charge is 0.351 e. The Morgan fingerprint density at radius 2 is 1.86 bits per heavy atom. The molecule has 2 aromatic heterocycles. The van der Waals surface area contributed by atoms with Crippen LogP contribution in [0.4, 0.5) is 10.2 Å². The number of carbonyl (C=O) groups excluding carboxylic acids is 1. The van der Waals surface area contributed by atoms with Gasteiger partial charge in [-0.05, 0) is 18.2 Å². The summed E-state index contributed by atoms with van der Waals surface area (Å²) >= 11 is 0. The van der Waals surface area contributed by atoms with Crippen LogP contribution in [-0.4, -0.2) is 61.9 Å². The summed E-state index contributed by atoms with van der Waals surface area (Å²) in [5.41, 5.74) is 1.23. The van der Waals surface area contributed by atoms with Crippen LogP contribution in [0, 0.1) is 11.2 Å².